The van der Waals surface area contributed by atoms with Gasteiger partial charge < -0.3 is 19.0 Å². The van der Waals surface area contributed by atoms with Crippen molar-refractivity contribution in [2.24, 2.45) is 0 Å². The molecule has 0 bridgehead atoms. The number of hydrogen-bond donors (Lipinski definition) is 1. The average molecular weight is 455 g/mol. The highest BCUT2D eigenvalue weighted by Crippen LogP contribution is 2.47. The molecule has 1 atom stereocenters. The van der Waals surface area contributed by atoms with E-state index in [0.29, 0.717) is 17.1 Å². The standard InChI is InChI=1S/C22H21N3O6S/c1-11(2)20-23-24-22(32-20)25-16(12-7-5-8-14(29-3)19(12)30-4)15(18(27)21(25)28)17(26)13-9-6-10-31-13/h5-11,16,27H,1-4H3/t16-/m0/s1. The van der Waals surface area contributed by atoms with Gasteiger partial charge in [0.05, 0.1) is 26.1 Å². The lowest BCUT2D eigenvalue weighted by atomic mass is 9.94. The van der Waals surface area contributed by atoms with E-state index in [-0.39, 0.29) is 22.4 Å². The van der Waals surface area contributed by atoms with Gasteiger partial charge >= 0.3 is 0 Å². The third kappa shape index (κ3) is 3.42. The largest absolute Gasteiger partial charge is 0.503 e. The van der Waals surface area contributed by atoms with Crippen molar-refractivity contribution >= 4 is 28.2 Å². The summed E-state index contributed by atoms with van der Waals surface area (Å²) in [6.45, 7) is 3.92. The molecule has 10 heteroatoms. The minimum atomic E-state index is -1.03. The maximum Gasteiger partial charge on any atom is 0.296 e. The summed E-state index contributed by atoms with van der Waals surface area (Å²) >= 11 is 1.22. The number of carbonyl (C=O) groups excluding carboxylic acids is 2. The first-order chi connectivity index (χ1) is 15.4. The van der Waals surface area contributed by atoms with Crippen LogP contribution in [0.15, 0.2) is 52.3 Å². The molecule has 0 unspecified atom stereocenters. The number of carbonyl (C=O) groups is 2. The Bertz CT molecular complexity index is 1200. The van der Waals surface area contributed by atoms with Gasteiger partial charge in [-0.3, -0.25) is 14.5 Å². The van der Waals surface area contributed by atoms with Crippen molar-refractivity contribution in [3.8, 4) is 11.5 Å². The summed E-state index contributed by atoms with van der Waals surface area (Å²) in [6.07, 6.45) is 1.35. The third-order valence-corrected chi connectivity index (χ3v) is 6.28. The van der Waals surface area contributed by atoms with Crippen molar-refractivity contribution in [3.05, 3.63) is 64.3 Å². The lowest BCUT2D eigenvalue weighted by Crippen LogP contribution is -2.31. The number of hydrogen-bond acceptors (Lipinski definition) is 9. The number of anilines is 1. The molecule has 1 N–H and O–H groups in total. The van der Waals surface area contributed by atoms with Crippen molar-refractivity contribution in [3.63, 3.8) is 0 Å². The number of para-hydroxylation sites is 1. The lowest BCUT2D eigenvalue weighted by Gasteiger charge is -2.26. The van der Waals surface area contributed by atoms with Crippen LogP contribution < -0.4 is 14.4 Å². The number of aliphatic hydroxyl groups is 1. The highest BCUT2D eigenvalue weighted by atomic mass is 32.1. The number of rotatable bonds is 7. The molecule has 1 amide bonds. The van der Waals surface area contributed by atoms with Crippen LogP contribution in [0, 0.1) is 0 Å². The van der Waals surface area contributed by atoms with Crippen LogP contribution in [0.1, 0.15) is 46.9 Å². The number of aromatic nitrogens is 2. The van der Waals surface area contributed by atoms with Crippen LogP contribution in [0.25, 0.3) is 0 Å². The van der Waals surface area contributed by atoms with Crippen LogP contribution in [0.3, 0.4) is 0 Å². The zero-order valence-corrected chi connectivity index (χ0v) is 18.7. The number of methoxy groups -OCH3 is 2. The van der Waals surface area contributed by atoms with E-state index in [0.717, 1.165) is 5.01 Å². The summed E-state index contributed by atoms with van der Waals surface area (Å²) in [5.74, 6) is -1.24. The normalized spacial score (nSPS) is 16.2. The molecule has 3 aromatic rings. The molecule has 1 aliphatic rings. The second-order valence-corrected chi connectivity index (χ2v) is 8.29. The summed E-state index contributed by atoms with van der Waals surface area (Å²) in [4.78, 5) is 27.8. The number of ketones is 1. The van der Waals surface area contributed by atoms with Gasteiger partial charge in [-0.15, -0.1) is 10.2 Å². The summed E-state index contributed by atoms with van der Waals surface area (Å²) in [7, 11) is 2.95. The SMILES string of the molecule is COc1cccc([C@H]2C(C(=O)c3ccco3)=C(O)C(=O)N2c2nnc(C(C)C)s2)c1OC. The zero-order chi connectivity index (χ0) is 23.0. The molecule has 0 saturated heterocycles. The van der Waals surface area contributed by atoms with Gasteiger partial charge in [0.25, 0.3) is 5.91 Å². The minimum Gasteiger partial charge on any atom is -0.503 e. The molecule has 0 spiro atoms. The highest BCUT2D eigenvalue weighted by molar-refractivity contribution is 7.15. The van der Waals surface area contributed by atoms with Crippen LogP contribution >= 0.6 is 11.3 Å². The fourth-order valence-corrected chi connectivity index (χ4v) is 4.43. The van der Waals surface area contributed by atoms with Crippen molar-refractivity contribution in [1.29, 1.82) is 0 Å². The first kappa shape index (κ1) is 21.6. The Morgan fingerprint density at radius 1 is 1.19 bits per heavy atom. The van der Waals surface area contributed by atoms with Crippen LogP contribution in [0.4, 0.5) is 5.13 Å². The van der Waals surface area contributed by atoms with Crippen LogP contribution in [-0.4, -0.2) is 41.2 Å². The zero-order valence-electron chi connectivity index (χ0n) is 17.9. The molecule has 4 rings (SSSR count). The molecular weight excluding hydrogens is 434 g/mol. The quantitative estimate of drug-likeness (QED) is 0.531. The van der Waals surface area contributed by atoms with E-state index in [4.69, 9.17) is 13.9 Å². The van der Waals surface area contributed by atoms with E-state index in [2.05, 4.69) is 10.2 Å². The third-order valence-electron chi connectivity index (χ3n) is 5.06. The van der Waals surface area contributed by atoms with Gasteiger partial charge in [0.1, 0.15) is 11.0 Å². The number of nitrogens with zero attached hydrogens (tertiary/aromatic N) is 3. The number of Topliss-reactive ketones (excluding diaryl/α,β-unsaturated/α-hetero) is 1. The van der Waals surface area contributed by atoms with Gasteiger partial charge in [0, 0.05) is 11.5 Å². The van der Waals surface area contributed by atoms with Gasteiger partial charge in [-0.2, -0.15) is 0 Å². The molecular formula is C22H21N3O6S. The molecule has 32 heavy (non-hydrogen) atoms. The second-order valence-electron chi connectivity index (χ2n) is 7.31. The predicted octanol–water partition coefficient (Wildman–Crippen LogP) is 4.05. The fourth-order valence-electron chi connectivity index (χ4n) is 3.55. The lowest BCUT2D eigenvalue weighted by molar-refractivity contribution is -0.117. The van der Waals surface area contributed by atoms with Gasteiger partial charge in [-0.25, -0.2) is 0 Å². The molecule has 0 radical (unpaired) electrons. The van der Waals surface area contributed by atoms with Gasteiger partial charge in [0.15, 0.2) is 23.0 Å². The van der Waals surface area contributed by atoms with Crippen molar-refractivity contribution in [2.45, 2.75) is 25.8 Å². The summed E-state index contributed by atoms with van der Waals surface area (Å²) in [5.41, 5.74) is 0.304. The van der Waals surface area contributed by atoms with E-state index in [1.165, 1.54) is 42.8 Å². The van der Waals surface area contributed by atoms with Gasteiger partial charge in [-0.1, -0.05) is 37.3 Å². The molecule has 2 aromatic heterocycles. The first-order valence-electron chi connectivity index (χ1n) is 9.78. The van der Waals surface area contributed by atoms with Gasteiger partial charge in [-0.05, 0) is 18.2 Å². The molecule has 0 fully saturated rings. The van der Waals surface area contributed by atoms with Crippen molar-refractivity contribution < 1.29 is 28.6 Å². The molecule has 9 nitrogen and oxygen atoms in total. The van der Waals surface area contributed by atoms with Crippen LogP contribution in [0.2, 0.25) is 0 Å². The molecule has 0 aliphatic carbocycles. The molecule has 3 heterocycles. The maximum absolute atomic E-state index is 13.3. The van der Waals surface area contributed by atoms with Gasteiger partial charge in [0.2, 0.25) is 10.9 Å². The monoisotopic (exact) mass is 455 g/mol. The Morgan fingerprint density at radius 2 is 1.97 bits per heavy atom. The molecule has 1 aliphatic heterocycles. The summed E-state index contributed by atoms with van der Waals surface area (Å²) in [6, 6.07) is 7.10. The Labute approximate surface area is 187 Å². The van der Waals surface area contributed by atoms with E-state index in [1.54, 1.807) is 24.3 Å². The Kier molecular flexibility index (Phi) is 5.70. The van der Waals surface area contributed by atoms with E-state index >= 15 is 0 Å². The van der Waals surface area contributed by atoms with Crippen LogP contribution in [-0.2, 0) is 4.79 Å². The predicted molar refractivity (Wildman–Crippen MR) is 116 cm³/mol. The van der Waals surface area contributed by atoms with E-state index in [9.17, 15) is 14.7 Å². The maximum atomic E-state index is 13.3. The fraction of sp³-hybridized carbons (Fsp3) is 0.273. The first-order valence-corrected chi connectivity index (χ1v) is 10.6. The second kappa shape index (κ2) is 8.46. The molecule has 0 saturated carbocycles. The number of aliphatic hydroxyl groups excluding tert-OH is 1. The van der Waals surface area contributed by atoms with E-state index < -0.39 is 23.5 Å². The molecule has 1 aromatic carbocycles. The Hall–Kier alpha value is -3.66. The molecule has 166 valence electrons. The number of furan rings is 1. The Morgan fingerprint density at radius 3 is 2.56 bits per heavy atom. The summed E-state index contributed by atoms with van der Waals surface area (Å²) in [5, 5.41) is 20.1. The summed E-state index contributed by atoms with van der Waals surface area (Å²) < 4.78 is 16.2. The Balaban J connectivity index is 1.93. The number of benzene rings is 1. The number of amides is 1. The minimum absolute atomic E-state index is 0.00630. The smallest absolute Gasteiger partial charge is 0.296 e. The van der Waals surface area contributed by atoms with Crippen molar-refractivity contribution in [2.75, 3.05) is 19.1 Å². The number of ether oxygens (including phenoxy) is 2. The van der Waals surface area contributed by atoms with E-state index in [1.807, 2.05) is 13.8 Å². The average Bonchev–Trinajstić information content (AvgIpc) is 3.53. The highest BCUT2D eigenvalue weighted by Gasteiger charge is 2.48. The van der Waals surface area contributed by atoms with Crippen molar-refractivity contribution in [1.82, 2.24) is 10.2 Å². The van der Waals surface area contributed by atoms with Crippen LogP contribution in [0.5, 0.6) is 11.5 Å². The topological polar surface area (TPSA) is 115 Å².